The second-order valence-electron chi connectivity index (χ2n) is 6.73. The molecule has 5 nitrogen and oxygen atoms in total. The predicted octanol–water partition coefficient (Wildman–Crippen LogP) is 3.23. The number of carbonyl (C=O) groups is 1. The van der Waals surface area contributed by atoms with Gasteiger partial charge in [-0.05, 0) is 31.5 Å². The monoisotopic (exact) mass is 393 g/mol. The molecule has 0 saturated carbocycles. The van der Waals surface area contributed by atoms with Gasteiger partial charge in [-0.2, -0.15) is 0 Å². The zero-order valence-electron chi connectivity index (χ0n) is 14.4. The maximum atomic E-state index is 12.7. The molecule has 3 rings (SSSR count). The number of nitrogens with one attached hydrogen (secondary N) is 1. The van der Waals surface area contributed by atoms with Gasteiger partial charge >= 0.3 is 0 Å². The SMILES string of the molecule is C[C@]1(NC(=O)c2ccccc2OCc2ccccc2Cl)CCS(=O)(=O)C1. The summed E-state index contributed by atoms with van der Waals surface area (Å²) < 4.78 is 29.3. The van der Waals surface area contributed by atoms with Gasteiger partial charge in [0.1, 0.15) is 12.4 Å². The molecule has 0 bridgehead atoms. The Morgan fingerprint density at radius 1 is 1.19 bits per heavy atom. The summed E-state index contributed by atoms with van der Waals surface area (Å²) in [4.78, 5) is 12.7. The lowest BCUT2D eigenvalue weighted by Gasteiger charge is -2.24. The Morgan fingerprint density at radius 2 is 1.88 bits per heavy atom. The van der Waals surface area contributed by atoms with E-state index in [2.05, 4.69) is 5.32 Å². The summed E-state index contributed by atoms with van der Waals surface area (Å²) in [5.41, 5.74) is 0.425. The zero-order valence-corrected chi connectivity index (χ0v) is 15.9. The lowest BCUT2D eigenvalue weighted by molar-refractivity contribution is 0.0911. The molecule has 0 spiro atoms. The molecule has 1 fully saturated rings. The van der Waals surface area contributed by atoms with Crippen LogP contribution in [0.3, 0.4) is 0 Å². The third-order valence-corrected chi connectivity index (χ3v) is 6.66. The molecule has 0 unspecified atom stereocenters. The second-order valence-corrected chi connectivity index (χ2v) is 9.32. The molecule has 26 heavy (non-hydrogen) atoms. The van der Waals surface area contributed by atoms with Crippen molar-refractivity contribution >= 4 is 27.3 Å². The van der Waals surface area contributed by atoms with Crippen LogP contribution in [0.15, 0.2) is 48.5 Å². The summed E-state index contributed by atoms with van der Waals surface area (Å²) in [5, 5.41) is 3.45. The average molecular weight is 394 g/mol. The minimum Gasteiger partial charge on any atom is -0.488 e. The standard InChI is InChI=1S/C19H20ClNO4S/c1-19(10-11-26(23,24)13-19)21-18(22)15-7-3-5-9-17(15)25-12-14-6-2-4-8-16(14)20/h2-9H,10-13H2,1H3,(H,21,22)/t19-/m0/s1. The van der Waals surface area contributed by atoms with Gasteiger partial charge < -0.3 is 10.1 Å². The van der Waals surface area contributed by atoms with E-state index < -0.39 is 15.4 Å². The number of sulfone groups is 1. The fourth-order valence-corrected chi connectivity index (χ4v) is 5.28. The Labute approximate surface area is 158 Å². The Morgan fingerprint density at radius 3 is 2.58 bits per heavy atom. The lowest BCUT2D eigenvalue weighted by Crippen LogP contribution is -2.47. The number of ether oxygens (including phenoxy) is 1. The van der Waals surface area contributed by atoms with Crippen LogP contribution in [0.2, 0.25) is 5.02 Å². The molecule has 1 aliphatic rings. The number of rotatable bonds is 5. The molecule has 1 saturated heterocycles. The second kappa shape index (κ2) is 7.29. The first kappa shape index (κ1) is 18.7. The molecular weight excluding hydrogens is 374 g/mol. The third-order valence-electron chi connectivity index (χ3n) is 4.39. The van der Waals surface area contributed by atoms with Crippen molar-refractivity contribution < 1.29 is 17.9 Å². The lowest BCUT2D eigenvalue weighted by atomic mass is 10.0. The summed E-state index contributed by atoms with van der Waals surface area (Å²) in [6, 6.07) is 14.2. The molecule has 0 aromatic heterocycles. The van der Waals surface area contributed by atoms with Crippen LogP contribution < -0.4 is 10.1 Å². The van der Waals surface area contributed by atoms with Gasteiger partial charge in [0, 0.05) is 10.6 Å². The van der Waals surface area contributed by atoms with Crippen LogP contribution in [-0.2, 0) is 16.4 Å². The number of hydrogen-bond acceptors (Lipinski definition) is 4. The number of carbonyl (C=O) groups excluding carboxylic acids is 1. The average Bonchev–Trinajstić information content (AvgIpc) is 2.87. The molecule has 0 aliphatic carbocycles. The molecule has 138 valence electrons. The zero-order chi connectivity index (χ0) is 18.8. The summed E-state index contributed by atoms with van der Waals surface area (Å²) in [6.07, 6.45) is 0.406. The molecule has 1 amide bonds. The summed E-state index contributed by atoms with van der Waals surface area (Å²) in [7, 11) is -3.10. The van der Waals surface area contributed by atoms with Gasteiger partial charge in [0.2, 0.25) is 0 Å². The van der Waals surface area contributed by atoms with E-state index in [1.165, 1.54) is 0 Å². The van der Waals surface area contributed by atoms with Gasteiger partial charge in [-0.15, -0.1) is 0 Å². The minimum atomic E-state index is -3.10. The fourth-order valence-electron chi connectivity index (χ4n) is 3.00. The van der Waals surface area contributed by atoms with Crippen molar-refractivity contribution in [1.29, 1.82) is 0 Å². The highest BCUT2D eigenvalue weighted by Crippen LogP contribution is 2.26. The fraction of sp³-hybridized carbons (Fsp3) is 0.316. The van der Waals surface area contributed by atoms with Crippen molar-refractivity contribution in [2.24, 2.45) is 0 Å². The Hall–Kier alpha value is -2.05. The molecular formula is C19H20ClNO4S. The smallest absolute Gasteiger partial charge is 0.255 e. The summed E-state index contributed by atoms with van der Waals surface area (Å²) >= 11 is 6.14. The van der Waals surface area contributed by atoms with Crippen LogP contribution in [0.4, 0.5) is 0 Å². The number of benzene rings is 2. The van der Waals surface area contributed by atoms with Crippen LogP contribution in [-0.4, -0.2) is 31.4 Å². The van der Waals surface area contributed by atoms with E-state index in [1.807, 2.05) is 18.2 Å². The van der Waals surface area contributed by atoms with Gasteiger partial charge in [0.15, 0.2) is 9.84 Å². The Bertz CT molecular complexity index is 929. The Kier molecular flexibility index (Phi) is 5.25. The van der Waals surface area contributed by atoms with Crippen molar-refractivity contribution in [3.8, 4) is 5.75 Å². The topological polar surface area (TPSA) is 72.5 Å². The van der Waals surface area contributed by atoms with Gasteiger partial charge in [0.05, 0.1) is 22.6 Å². The van der Waals surface area contributed by atoms with E-state index in [-0.39, 0.29) is 24.0 Å². The van der Waals surface area contributed by atoms with E-state index >= 15 is 0 Å². The first-order chi connectivity index (χ1) is 12.3. The predicted molar refractivity (Wildman–Crippen MR) is 101 cm³/mol. The molecule has 2 aromatic carbocycles. The molecule has 1 aliphatic heterocycles. The van der Waals surface area contributed by atoms with Crippen molar-refractivity contribution in [2.45, 2.75) is 25.5 Å². The molecule has 0 radical (unpaired) electrons. The van der Waals surface area contributed by atoms with E-state index in [1.54, 1.807) is 37.3 Å². The van der Waals surface area contributed by atoms with Crippen LogP contribution in [0.1, 0.15) is 29.3 Å². The molecule has 2 aromatic rings. The van der Waals surface area contributed by atoms with Gasteiger partial charge in [-0.25, -0.2) is 8.42 Å². The highest BCUT2D eigenvalue weighted by Gasteiger charge is 2.39. The first-order valence-electron chi connectivity index (χ1n) is 8.26. The Balaban J connectivity index is 1.74. The number of amides is 1. The van der Waals surface area contributed by atoms with Crippen LogP contribution in [0.25, 0.3) is 0 Å². The van der Waals surface area contributed by atoms with Gasteiger partial charge in [0.25, 0.3) is 5.91 Å². The van der Waals surface area contributed by atoms with Gasteiger partial charge in [-0.1, -0.05) is 41.9 Å². The van der Waals surface area contributed by atoms with Gasteiger partial charge in [-0.3, -0.25) is 4.79 Å². The van der Waals surface area contributed by atoms with Crippen molar-refractivity contribution in [3.05, 3.63) is 64.7 Å². The number of halogens is 1. The third kappa shape index (κ3) is 4.37. The molecule has 1 heterocycles. The van der Waals surface area contributed by atoms with Crippen LogP contribution >= 0.6 is 11.6 Å². The largest absolute Gasteiger partial charge is 0.488 e. The van der Waals surface area contributed by atoms with E-state index in [9.17, 15) is 13.2 Å². The highest BCUT2D eigenvalue weighted by molar-refractivity contribution is 7.91. The van der Waals surface area contributed by atoms with E-state index in [0.717, 1.165) is 5.56 Å². The van der Waals surface area contributed by atoms with E-state index in [4.69, 9.17) is 16.3 Å². The van der Waals surface area contributed by atoms with Crippen molar-refractivity contribution in [3.63, 3.8) is 0 Å². The highest BCUT2D eigenvalue weighted by atomic mass is 35.5. The maximum absolute atomic E-state index is 12.7. The normalized spacial score (nSPS) is 21.3. The molecule has 7 heteroatoms. The first-order valence-corrected chi connectivity index (χ1v) is 10.5. The quantitative estimate of drug-likeness (QED) is 0.846. The number of para-hydroxylation sites is 1. The van der Waals surface area contributed by atoms with E-state index in [0.29, 0.717) is 22.8 Å². The molecule has 1 atom stereocenters. The van der Waals surface area contributed by atoms with Crippen LogP contribution in [0, 0.1) is 0 Å². The van der Waals surface area contributed by atoms with Crippen molar-refractivity contribution in [1.82, 2.24) is 5.32 Å². The maximum Gasteiger partial charge on any atom is 0.255 e. The summed E-state index contributed by atoms with van der Waals surface area (Å²) in [5.74, 6) is 0.122. The summed E-state index contributed by atoms with van der Waals surface area (Å²) in [6.45, 7) is 1.98. The van der Waals surface area contributed by atoms with Crippen LogP contribution in [0.5, 0.6) is 5.75 Å². The van der Waals surface area contributed by atoms with Crippen molar-refractivity contribution in [2.75, 3.05) is 11.5 Å². The number of hydrogen-bond donors (Lipinski definition) is 1. The minimum absolute atomic E-state index is 0.0472. The molecule has 1 N–H and O–H groups in total.